The third-order valence-electron chi connectivity index (χ3n) is 3.28. The van der Waals surface area contributed by atoms with E-state index in [1.807, 2.05) is 19.1 Å². The van der Waals surface area contributed by atoms with E-state index in [1.165, 1.54) is 0 Å². The molecule has 19 heavy (non-hydrogen) atoms. The van der Waals surface area contributed by atoms with Crippen molar-refractivity contribution in [3.8, 4) is 11.5 Å². The largest absolute Gasteiger partial charge is 0.489 e. The molecule has 1 atom stereocenters. The Bertz CT molecular complexity index is 483. The van der Waals surface area contributed by atoms with Crippen LogP contribution in [0.4, 0.5) is 0 Å². The first-order valence-electron chi connectivity index (χ1n) is 6.45. The maximum atomic E-state index is 10.7. The lowest BCUT2D eigenvalue weighted by molar-refractivity contribution is -0.108. The van der Waals surface area contributed by atoms with Gasteiger partial charge in [0.15, 0.2) is 11.5 Å². The van der Waals surface area contributed by atoms with Crippen molar-refractivity contribution in [2.75, 3.05) is 13.2 Å². The summed E-state index contributed by atoms with van der Waals surface area (Å²) in [5.74, 6) is 1.69. The zero-order valence-corrected chi connectivity index (χ0v) is 13.1. The van der Waals surface area contributed by atoms with Gasteiger partial charge < -0.3 is 14.3 Å². The third-order valence-corrected chi connectivity index (χ3v) is 3.97. The minimum Gasteiger partial charge on any atom is -0.489 e. The van der Waals surface area contributed by atoms with Gasteiger partial charge in [0, 0.05) is 16.3 Å². The first-order chi connectivity index (χ1) is 8.93. The van der Waals surface area contributed by atoms with E-state index >= 15 is 0 Å². The quantitative estimate of drug-likeness (QED) is 0.789. The normalized spacial score (nSPS) is 18.5. The van der Waals surface area contributed by atoms with E-state index in [0.717, 1.165) is 27.8 Å². The number of aldehydes is 1. The fraction of sp³-hybridized carbons (Fsp3) is 0.533. The summed E-state index contributed by atoms with van der Waals surface area (Å²) in [5.41, 5.74) is 1.08. The van der Waals surface area contributed by atoms with Gasteiger partial charge in [-0.25, -0.2) is 0 Å². The third kappa shape index (κ3) is 3.30. The van der Waals surface area contributed by atoms with Gasteiger partial charge in [0.25, 0.3) is 0 Å². The number of hydrogen-bond acceptors (Lipinski definition) is 3. The molecule has 104 valence electrons. The van der Waals surface area contributed by atoms with Gasteiger partial charge in [0.2, 0.25) is 0 Å². The Morgan fingerprint density at radius 1 is 1.32 bits per heavy atom. The Labute approximate surface area is 122 Å². The van der Waals surface area contributed by atoms with Crippen molar-refractivity contribution < 1.29 is 14.3 Å². The highest BCUT2D eigenvalue weighted by atomic mass is 79.9. The van der Waals surface area contributed by atoms with Crippen molar-refractivity contribution in [2.24, 2.45) is 5.41 Å². The average Bonchev–Trinajstić information content (AvgIpc) is 2.48. The summed E-state index contributed by atoms with van der Waals surface area (Å²) in [4.78, 5) is 10.7. The van der Waals surface area contributed by atoms with Crippen molar-refractivity contribution in [1.82, 2.24) is 0 Å². The number of carbonyl (C=O) groups is 1. The molecule has 4 heteroatoms. The predicted molar refractivity (Wildman–Crippen MR) is 78.0 cm³/mol. The molecule has 1 aliphatic heterocycles. The molecule has 3 nitrogen and oxygen atoms in total. The van der Waals surface area contributed by atoms with Crippen LogP contribution in [0.1, 0.15) is 38.7 Å². The molecule has 0 aromatic heterocycles. The Hall–Kier alpha value is -1.03. The zero-order chi connectivity index (χ0) is 14.0. The lowest BCUT2D eigenvalue weighted by Crippen LogP contribution is -2.26. The van der Waals surface area contributed by atoms with E-state index in [-0.39, 0.29) is 11.3 Å². The Kier molecular flexibility index (Phi) is 4.19. The standard InChI is InChI=1S/C15H19BrO3/c1-10(4-5-17)11-6-13-14(7-12(11)16)19-9-15(2,3)8-18-13/h5-7,10H,4,8-9H2,1-3H3. The van der Waals surface area contributed by atoms with Gasteiger partial charge in [-0.05, 0) is 23.6 Å². The second-order valence-corrected chi connectivity index (χ2v) is 6.72. The maximum absolute atomic E-state index is 10.7. The molecule has 0 N–H and O–H groups in total. The topological polar surface area (TPSA) is 35.5 Å². The summed E-state index contributed by atoms with van der Waals surface area (Å²) in [7, 11) is 0. The fourth-order valence-electron chi connectivity index (χ4n) is 2.01. The second kappa shape index (κ2) is 5.53. The highest BCUT2D eigenvalue weighted by molar-refractivity contribution is 9.10. The van der Waals surface area contributed by atoms with E-state index in [4.69, 9.17) is 9.47 Å². The molecule has 0 saturated carbocycles. The van der Waals surface area contributed by atoms with Gasteiger partial charge in [-0.2, -0.15) is 0 Å². The number of carbonyl (C=O) groups excluding carboxylic acids is 1. The molecule has 0 radical (unpaired) electrons. The molecule has 1 aromatic carbocycles. The van der Waals surface area contributed by atoms with Crippen LogP contribution in [0, 0.1) is 5.41 Å². The van der Waals surface area contributed by atoms with Crippen molar-refractivity contribution in [3.05, 3.63) is 22.2 Å². The van der Waals surface area contributed by atoms with E-state index in [1.54, 1.807) is 0 Å². The van der Waals surface area contributed by atoms with Crippen LogP contribution in [0.25, 0.3) is 0 Å². The molecular weight excluding hydrogens is 308 g/mol. The summed E-state index contributed by atoms with van der Waals surface area (Å²) in [5, 5.41) is 0. The van der Waals surface area contributed by atoms with Crippen LogP contribution in [0.3, 0.4) is 0 Å². The summed E-state index contributed by atoms with van der Waals surface area (Å²) in [6.07, 6.45) is 1.45. The molecule has 0 aliphatic carbocycles. The molecule has 0 spiro atoms. The van der Waals surface area contributed by atoms with Gasteiger partial charge in [-0.1, -0.05) is 36.7 Å². The van der Waals surface area contributed by atoms with Crippen molar-refractivity contribution in [3.63, 3.8) is 0 Å². The summed E-state index contributed by atoms with van der Waals surface area (Å²) in [6.45, 7) is 7.52. The first-order valence-corrected chi connectivity index (χ1v) is 7.25. The van der Waals surface area contributed by atoms with Gasteiger partial charge in [-0.15, -0.1) is 0 Å². The predicted octanol–water partition coefficient (Wildman–Crippen LogP) is 3.94. The van der Waals surface area contributed by atoms with Crippen molar-refractivity contribution in [2.45, 2.75) is 33.1 Å². The molecule has 0 saturated heterocycles. The smallest absolute Gasteiger partial charge is 0.162 e. The Balaban J connectivity index is 2.33. The monoisotopic (exact) mass is 326 g/mol. The fourth-order valence-corrected chi connectivity index (χ4v) is 2.73. The molecular formula is C15H19BrO3. The summed E-state index contributed by atoms with van der Waals surface area (Å²) >= 11 is 3.55. The van der Waals surface area contributed by atoms with Crippen LogP contribution < -0.4 is 9.47 Å². The number of hydrogen-bond donors (Lipinski definition) is 0. The van der Waals surface area contributed by atoms with E-state index in [9.17, 15) is 4.79 Å². The van der Waals surface area contributed by atoms with Crippen LogP contribution >= 0.6 is 15.9 Å². The number of fused-ring (bicyclic) bond motifs is 1. The molecule has 1 unspecified atom stereocenters. The molecule has 1 aromatic rings. The molecule has 0 amide bonds. The Morgan fingerprint density at radius 2 is 1.89 bits per heavy atom. The number of ether oxygens (including phenoxy) is 2. The van der Waals surface area contributed by atoms with Crippen LogP contribution in [0.15, 0.2) is 16.6 Å². The SMILES string of the molecule is CC(CC=O)c1cc2c(cc1Br)OCC(C)(C)CO2. The van der Waals surface area contributed by atoms with Gasteiger partial charge >= 0.3 is 0 Å². The molecule has 1 heterocycles. The van der Waals surface area contributed by atoms with Crippen molar-refractivity contribution in [1.29, 1.82) is 0 Å². The molecule has 0 fully saturated rings. The van der Waals surface area contributed by atoms with E-state index in [2.05, 4.69) is 29.8 Å². The zero-order valence-electron chi connectivity index (χ0n) is 11.5. The lowest BCUT2D eigenvalue weighted by atomic mass is 9.97. The maximum Gasteiger partial charge on any atom is 0.162 e. The molecule has 0 bridgehead atoms. The summed E-state index contributed by atoms with van der Waals surface area (Å²) < 4.78 is 12.6. The van der Waals surface area contributed by atoms with E-state index < -0.39 is 0 Å². The molecule has 1 aliphatic rings. The van der Waals surface area contributed by atoms with Gasteiger partial charge in [0.05, 0.1) is 13.2 Å². The highest BCUT2D eigenvalue weighted by Gasteiger charge is 2.26. The molecule has 2 rings (SSSR count). The Morgan fingerprint density at radius 3 is 2.47 bits per heavy atom. The van der Waals surface area contributed by atoms with E-state index in [0.29, 0.717) is 19.6 Å². The minimum atomic E-state index is 0.0000713. The van der Waals surface area contributed by atoms with Crippen LogP contribution in [-0.4, -0.2) is 19.5 Å². The lowest BCUT2D eigenvalue weighted by Gasteiger charge is -2.19. The van der Waals surface area contributed by atoms with Crippen LogP contribution in [-0.2, 0) is 4.79 Å². The minimum absolute atomic E-state index is 0.0000713. The van der Waals surface area contributed by atoms with Crippen molar-refractivity contribution >= 4 is 22.2 Å². The highest BCUT2D eigenvalue weighted by Crippen LogP contribution is 2.40. The average molecular weight is 327 g/mol. The van der Waals surface area contributed by atoms with Crippen LogP contribution in [0.2, 0.25) is 0 Å². The summed E-state index contributed by atoms with van der Waals surface area (Å²) in [6, 6.07) is 3.92. The number of rotatable bonds is 3. The first kappa shape index (κ1) is 14.4. The van der Waals surface area contributed by atoms with Crippen LogP contribution in [0.5, 0.6) is 11.5 Å². The van der Waals surface area contributed by atoms with Gasteiger partial charge in [0.1, 0.15) is 6.29 Å². The number of halogens is 1. The number of benzene rings is 1. The van der Waals surface area contributed by atoms with Gasteiger partial charge in [-0.3, -0.25) is 0 Å². The second-order valence-electron chi connectivity index (χ2n) is 5.87.